The summed E-state index contributed by atoms with van der Waals surface area (Å²) >= 11 is 0. The van der Waals surface area contributed by atoms with Gasteiger partial charge in [-0.2, -0.15) is 0 Å². The molecule has 0 spiro atoms. The van der Waals surface area contributed by atoms with E-state index in [1.165, 1.54) is 33.5 Å². The smallest absolute Gasteiger partial charge is 0.253 e. The summed E-state index contributed by atoms with van der Waals surface area (Å²) in [6.45, 7) is 3.79. The van der Waals surface area contributed by atoms with Gasteiger partial charge in [-0.15, -0.1) is 6.42 Å². The minimum absolute atomic E-state index is 0.141. The molecule has 0 fully saturated rings. The molecule has 1 amide bonds. The average molecular weight is 346 g/mol. The number of amides is 1. The summed E-state index contributed by atoms with van der Waals surface area (Å²) in [6.07, 6.45) is 8.46. The van der Waals surface area contributed by atoms with E-state index in [1.54, 1.807) is 23.8 Å². The zero-order chi connectivity index (χ0) is 18.8. The number of hydrogen-bond acceptors (Lipinski definition) is 3. The van der Waals surface area contributed by atoms with Crippen LogP contribution in [0.1, 0.15) is 17.1 Å². The van der Waals surface area contributed by atoms with Crippen molar-refractivity contribution in [3.05, 3.63) is 70.2 Å². The Kier molecular flexibility index (Phi) is 4.46. The van der Waals surface area contributed by atoms with Crippen LogP contribution in [0.2, 0.25) is 0 Å². The van der Waals surface area contributed by atoms with Gasteiger partial charge in [-0.25, -0.2) is 4.98 Å². The van der Waals surface area contributed by atoms with Crippen LogP contribution in [0.15, 0.2) is 47.5 Å². The monoisotopic (exact) mass is 346 g/mol. The molecule has 2 N–H and O–H groups in total. The number of carbonyl (C=O) groups is 1. The summed E-state index contributed by atoms with van der Waals surface area (Å²) in [5.74, 6) is 2.55. The van der Waals surface area contributed by atoms with Crippen LogP contribution >= 0.6 is 0 Å². The van der Waals surface area contributed by atoms with Crippen molar-refractivity contribution in [2.75, 3.05) is 0 Å². The SMILES string of the molecule is C#Cc1cn(-c2ccn(CC(N)=O)c(=O)c2)c(C)n1.Cc1cc2ccc1-2. The van der Waals surface area contributed by atoms with Crippen LogP contribution in [0.5, 0.6) is 0 Å². The van der Waals surface area contributed by atoms with E-state index in [-0.39, 0.29) is 12.1 Å². The van der Waals surface area contributed by atoms with E-state index in [2.05, 4.69) is 36.0 Å². The van der Waals surface area contributed by atoms with E-state index in [1.807, 2.05) is 0 Å². The van der Waals surface area contributed by atoms with Gasteiger partial charge in [0, 0.05) is 18.5 Å². The Balaban J connectivity index is 0.000000229. The number of fused-ring (bicyclic) bond motifs is 1. The number of imidazole rings is 1. The summed E-state index contributed by atoms with van der Waals surface area (Å²) in [5.41, 5.74) is 10.2. The van der Waals surface area contributed by atoms with Crippen molar-refractivity contribution in [2.45, 2.75) is 20.4 Å². The lowest BCUT2D eigenvalue weighted by Gasteiger charge is -2.17. The van der Waals surface area contributed by atoms with E-state index in [0.29, 0.717) is 17.2 Å². The second-order valence-electron chi connectivity index (χ2n) is 6.03. The van der Waals surface area contributed by atoms with Crippen LogP contribution in [0, 0.1) is 26.2 Å². The van der Waals surface area contributed by atoms with Crippen LogP contribution in [0.4, 0.5) is 0 Å². The molecule has 2 heterocycles. The Morgan fingerprint density at radius 3 is 2.42 bits per heavy atom. The number of hydrogen-bond donors (Lipinski definition) is 1. The summed E-state index contributed by atoms with van der Waals surface area (Å²) in [6, 6.07) is 9.60. The van der Waals surface area contributed by atoms with Gasteiger partial charge in [-0.05, 0) is 42.5 Å². The number of benzene rings is 1. The largest absolute Gasteiger partial charge is 0.368 e. The first-order valence-electron chi connectivity index (χ1n) is 8.02. The minimum Gasteiger partial charge on any atom is -0.368 e. The number of pyridine rings is 1. The molecule has 2 aromatic heterocycles. The molecule has 0 bridgehead atoms. The fourth-order valence-corrected chi connectivity index (χ4v) is 2.73. The lowest BCUT2D eigenvalue weighted by Crippen LogP contribution is -2.27. The van der Waals surface area contributed by atoms with Crippen molar-refractivity contribution in [1.29, 1.82) is 0 Å². The van der Waals surface area contributed by atoms with Gasteiger partial charge < -0.3 is 14.9 Å². The molecule has 2 aliphatic rings. The molecule has 0 atom stereocenters. The average Bonchev–Trinajstić information content (AvgIpc) is 2.95. The number of terminal acetylenes is 1. The van der Waals surface area contributed by atoms with E-state index in [9.17, 15) is 9.59 Å². The fourth-order valence-electron chi connectivity index (χ4n) is 2.73. The summed E-state index contributed by atoms with van der Waals surface area (Å²) in [5, 5.41) is 0. The summed E-state index contributed by atoms with van der Waals surface area (Å²) < 4.78 is 2.95. The third-order valence-electron chi connectivity index (χ3n) is 4.15. The van der Waals surface area contributed by atoms with Crippen LogP contribution in [-0.4, -0.2) is 20.0 Å². The first-order chi connectivity index (χ1) is 12.4. The van der Waals surface area contributed by atoms with Gasteiger partial charge in [0.15, 0.2) is 0 Å². The van der Waals surface area contributed by atoms with Gasteiger partial charge >= 0.3 is 0 Å². The van der Waals surface area contributed by atoms with Crippen molar-refractivity contribution in [3.8, 4) is 29.2 Å². The lowest BCUT2D eigenvalue weighted by molar-refractivity contribution is -0.118. The highest BCUT2D eigenvalue weighted by Crippen LogP contribution is 2.35. The standard InChI is InChI=1S/C13H12N4O2.C7H6/c1-3-10-7-17(9(2)15-10)11-4-5-16(8-12(14)18)13(19)6-11;1-5-4-6-2-3-7(5)6/h1,4-7H,8H2,2H3,(H2,14,18);2-4H,1H3. The number of rotatable bonds is 3. The molecule has 26 heavy (non-hydrogen) atoms. The zero-order valence-corrected chi connectivity index (χ0v) is 14.6. The van der Waals surface area contributed by atoms with Gasteiger partial charge in [0.2, 0.25) is 5.91 Å². The Hall–Kier alpha value is -3.59. The zero-order valence-electron chi connectivity index (χ0n) is 14.6. The van der Waals surface area contributed by atoms with Gasteiger partial charge in [0.05, 0.1) is 5.69 Å². The molecular formula is C20H18N4O2. The summed E-state index contributed by atoms with van der Waals surface area (Å²) in [4.78, 5) is 26.8. The van der Waals surface area contributed by atoms with E-state index in [4.69, 9.17) is 12.2 Å². The van der Waals surface area contributed by atoms with Crippen molar-refractivity contribution in [3.63, 3.8) is 0 Å². The maximum absolute atomic E-state index is 11.8. The quantitative estimate of drug-likeness (QED) is 0.574. The van der Waals surface area contributed by atoms with E-state index < -0.39 is 5.91 Å². The molecule has 0 unspecified atom stereocenters. The highest BCUT2D eigenvalue weighted by Gasteiger charge is 2.11. The van der Waals surface area contributed by atoms with Crippen molar-refractivity contribution in [2.24, 2.45) is 5.73 Å². The number of nitrogens with two attached hydrogens (primary N) is 1. The Morgan fingerprint density at radius 2 is 2.04 bits per heavy atom. The number of aromatic nitrogens is 3. The third kappa shape index (κ3) is 3.28. The maximum Gasteiger partial charge on any atom is 0.253 e. The Bertz CT molecular complexity index is 1100. The molecule has 2 aliphatic carbocycles. The van der Waals surface area contributed by atoms with Crippen LogP contribution in [0.3, 0.4) is 0 Å². The molecule has 130 valence electrons. The number of carbonyl (C=O) groups excluding carboxylic acids is 1. The van der Waals surface area contributed by atoms with Gasteiger partial charge in [0.25, 0.3) is 5.56 Å². The van der Waals surface area contributed by atoms with Crippen molar-refractivity contribution in [1.82, 2.24) is 14.1 Å². The molecule has 0 radical (unpaired) electrons. The van der Waals surface area contributed by atoms with Gasteiger partial charge in [0.1, 0.15) is 18.1 Å². The Morgan fingerprint density at radius 1 is 1.27 bits per heavy atom. The minimum atomic E-state index is -0.566. The number of nitrogens with zero attached hydrogens (tertiary/aromatic N) is 3. The van der Waals surface area contributed by atoms with Crippen LogP contribution in [0.25, 0.3) is 16.8 Å². The molecule has 6 nitrogen and oxygen atoms in total. The second-order valence-corrected chi connectivity index (χ2v) is 6.03. The van der Waals surface area contributed by atoms with E-state index in [0.717, 1.165) is 0 Å². The predicted octanol–water partition coefficient (Wildman–Crippen LogP) is 1.78. The maximum atomic E-state index is 11.8. The fraction of sp³-hybridized carbons (Fsp3) is 0.150. The van der Waals surface area contributed by atoms with Gasteiger partial charge in [-0.1, -0.05) is 18.2 Å². The molecule has 0 aromatic carbocycles. The summed E-state index contributed by atoms with van der Waals surface area (Å²) in [7, 11) is 0. The molecule has 2 aromatic rings. The second kappa shape index (κ2) is 6.73. The molecule has 0 saturated carbocycles. The highest BCUT2D eigenvalue weighted by atomic mass is 16.2. The normalized spacial score (nSPS) is 10.5. The lowest BCUT2D eigenvalue weighted by atomic mass is 9.88. The van der Waals surface area contributed by atoms with Crippen LogP contribution in [-0.2, 0) is 11.3 Å². The Labute approximate surface area is 150 Å². The topological polar surface area (TPSA) is 82.9 Å². The molecule has 6 heteroatoms. The third-order valence-corrected chi connectivity index (χ3v) is 4.15. The highest BCUT2D eigenvalue weighted by molar-refractivity contribution is 5.80. The first kappa shape index (κ1) is 17.2. The molecule has 4 rings (SSSR count). The first-order valence-corrected chi connectivity index (χ1v) is 8.02. The van der Waals surface area contributed by atoms with Crippen molar-refractivity contribution < 1.29 is 4.79 Å². The van der Waals surface area contributed by atoms with Crippen molar-refractivity contribution >= 4 is 5.91 Å². The number of primary amides is 1. The number of aryl methyl sites for hydroxylation is 2. The molecular weight excluding hydrogens is 328 g/mol. The molecule has 0 aliphatic heterocycles. The van der Waals surface area contributed by atoms with E-state index >= 15 is 0 Å². The molecule has 0 saturated heterocycles. The predicted molar refractivity (Wildman–Crippen MR) is 99.9 cm³/mol. The van der Waals surface area contributed by atoms with Crippen LogP contribution < -0.4 is 11.3 Å². The van der Waals surface area contributed by atoms with Gasteiger partial charge in [-0.3, -0.25) is 9.59 Å².